The van der Waals surface area contributed by atoms with Crippen LogP contribution in [0.4, 0.5) is 0 Å². The molecule has 0 bridgehead atoms. The molecule has 66 valence electrons. The Morgan fingerprint density at radius 1 is 1.17 bits per heavy atom. The van der Waals surface area contributed by atoms with Crippen LogP contribution in [0.2, 0.25) is 0 Å². The second-order valence-electron chi connectivity index (χ2n) is 4.04. The summed E-state index contributed by atoms with van der Waals surface area (Å²) in [6, 6.07) is 8.80. The summed E-state index contributed by atoms with van der Waals surface area (Å²) in [5, 5.41) is 0. The van der Waals surface area contributed by atoms with Gasteiger partial charge in [0.2, 0.25) is 0 Å². The fourth-order valence-electron chi connectivity index (χ4n) is 1.98. The maximum absolute atomic E-state index is 2.33. The van der Waals surface area contributed by atoms with Gasteiger partial charge in [-0.15, -0.1) is 0 Å². The van der Waals surface area contributed by atoms with E-state index in [9.17, 15) is 0 Å². The van der Waals surface area contributed by atoms with Gasteiger partial charge in [0.05, 0.1) is 0 Å². The van der Waals surface area contributed by atoms with Crippen LogP contribution in [0.1, 0.15) is 31.4 Å². The molecule has 1 aliphatic rings. The third kappa shape index (κ3) is 1.25. The first-order valence-electron chi connectivity index (χ1n) is 4.28. The van der Waals surface area contributed by atoms with Crippen molar-refractivity contribution in [1.29, 1.82) is 0 Å². The Labute approximate surface area is 74.4 Å². The molecule has 0 unspecified atom stereocenters. The molecule has 0 spiro atoms. The maximum atomic E-state index is 2.33. The zero-order valence-corrected chi connectivity index (χ0v) is 7.93. The van der Waals surface area contributed by atoms with Crippen LogP contribution in [-0.4, -0.2) is 0 Å². The summed E-state index contributed by atoms with van der Waals surface area (Å²) in [6.45, 7) is 4.66. The normalized spacial score (nSPS) is 18.2. The first-order chi connectivity index (χ1) is 5.20. The smallest absolute Gasteiger partial charge is 0.00977 e. The van der Waals surface area contributed by atoms with Crippen molar-refractivity contribution in [2.24, 2.45) is 0 Å². The molecule has 0 saturated heterocycles. The van der Waals surface area contributed by atoms with Crippen molar-refractivity contribution in [3.63, 3.8) is 0 Å². The fraction of sp³-hybridized carbons (Fsp3) is 0.455. The van der Waals surface area contributed by atoms with Crippen LogP contribution >= 0.6 is 0 Å². The molecule has 3 N–H and O–H groups in total. The van der Waals surface area contributed by atoms with E-state index in [-0.39, 0.29) is 6.15 Å². The molecule has 1 nitrogen and oxygen atoms in total. The first-order valence-corrected chi connectivity index (χ1v) is 4.28. The molecule has 0 heterocycles. The van der Waals surface area contributed by atoms with E-state index in [0.29, 0.717) is 5.41 Å². The molecular formula is C11H17N. The van der Waals surface area contributed by atoms with Crippen LogP contribution in [0.3, 0.4) is 0 Å². The van der Waals surface area contributed by atoms with Crippen molar-refractivity contribution in [2.45, 2.75) is 32.1 Å². The van der Waals surface area contributed by atoms with Gasteiger partial charge in [-0.25, -0.2) is 0 Å². The average Bonchev–Trinajstić information content (AvgIpc) is 2.29. The Bertz CT molecular complexity index is 276. The highest BCUT2D eigenvalue weighted by atomic mass is 14.3. The Kier molecular flexibility index (Phi) is 2.25. The van der Waals surface area contributed by atoms with E-state index in [2.05, 4.69) is 38.1 Å². The summed E-state index contributed by atoms with van der Waals surface area (Å²) in [6.07, 6.45) is 2.58. The van der Waals surface area contributed by atoms with Crippen LogP contribution < -0.4 is 6.15 Å². The average molecular weight is 163 g/mol. The zero-order chi connectivity index (χ0) is 7.90. The lowest BCUT2D eigenvalue weighted by molar-refractivity contribution is 0.522. The number of hydrogen-bond donors (Lipinski definition) is 1. The van der Waals surface area contributed by atoms with E-state index in [1.54, 1.807) is 11.1 Å². The molecule has 0 atom stereocenters. The Morgan fingerprint density at radius 3 is 2.50 bits per heavy atom. The quantitative estimate of drug-likeness (QED) is 0.626. The molecule has 1 heteroatoms. The van der Waals surface area contributed by atoms with Gasteiger partial charge in [-0.3, -0.25) is 0 Å². The molecule has 0 aromatic heterocycles. The predicted octanol–water partition coefficient (Wildman–Crippen LogP) is 3.07. The Balaban J connectivity index is 0.000000720. The van der Waals surface area contributed by atoms with Gasteiger partial charge in [-0.05, 0) is 29.4 Å². The number of hydrogen-bond acceptors (Lipinski definition) is 1. The van der Waals surface area contributed by atoms with Crippen molar-refractivity contribution in [1.82, 2.24) is 6.15 Å². The molecule has 1 aliphatic carbocycles. The molecule has 12 heavy (non-hydrogen) atoms. The fourth-order valence-corrected chi connectivity index (χ4v) is 1.98. The molecule has 0 radical (unpaired) electrons. The van der Waals surface area contributed by atoms with Gasteiger partial charge in [0.25, 0.3) is 0 Å². The highest BCUT2D eigenvalue weighted by molar-refractivity contribution is 5.37. The minimum absolute atomic E-state index is 0. The number of rotatable bonds is 0. The highest BCUT2D eigenvalue weighted by Crippen LogP contribution is 2.37. The van der Waals surface area contributed by atoms with Crippen molar-refractivity contribution >= 4 is 0 Å². The standard InChI is InChI=1S/C11H14.H3N/c1-11(2)8-7-9-5-3-4-6-10(9)11;/h3-6H,7-8H2,1-2H3;1H3. The van der Waals surface area contributed by atoms with Gasteiger partial charge in [0.15, 0.2) is 0 Å². The van der Waals surface area contributed by atoms with E-state index in [1.807, 2.05) is 0 Å². The van der Waals surface area contributed by atoms with Crippen LogP contribution in [-0.2, 0) is 11.8 Å². The largest absolute Gasteiger partial charge is 0.344 e. The second-order valence-corrected chi connectivity index (χ2v) is 4.04. The molecule has 0 amide bonds. The van der Waals surface area contributed by atoms with Crippen molar-refractivity contribution in [3.05, 3.63) is 35.4 Å². The lowest BCUT2D eigenvalue weighted by Gasteiger charge is -2.18. The molecule has 0 fully saturated rings. The van der Waals surface area contributed by atoms with E-state index in [1.165, 1.54) is 12.8 Å². The van der Waals surface area contributed by atoms with Gasteiger partial charge in [0.1, 0.15) is 0 Å². The Hall–Kier alpha value is -0.820. The van der Waals surface area contributed by atoms with E-state index in [0.717, 1.165) is 0 Å². The third-order valence-corrected chi connectivity index (χ3v) is 2.77. The van der Waals surface area contributed by atoms with Crippen LogP contribution in [0.15, 0.2) is 24.3 Å². The van der Waals surface area contributed by atoms with E-state index >= 15 is 0 Å². The lowest BCUT2D eigenvalue weighted by Crippen LogP contribution is -2.11. The third-order valence-electron chi connectivity index (χ3n) is 2.77. The molecule has 0 saturated carbocycles. The van der Waals surface area contributed by atoms with Gasteiger partial charge in [-0.1, -0.05) is 38.1 Å². The molecule has 2 rings (SSSR count). The Morgan fingerprint density at radius 2 is 1.83 bits per heavy atom. The minimum atomic E-state index is 0. The van der Waals surface area contributed by atoms with E-state index in [4.69, 9.17) is 0 Å². The zero-order valence-electron chi connectivity index (χ0n) is 7.93. The topological polar surface area (TPSA) is 35.0 Å². The van der Waals surface area contributed by atoms with E-state index < -0.39 is 0 Å². The molecule has 0 aliphatic heterocycles. The highest BCUT2D eigenvalue weighted by Gasteiger charge is 2.28. The summed E-state index contributed by atoms with van der Waals surface area (Å²) in [5.74, 6) is 0. The van der Waals surface area contributed by atoms with Crippen molar-refractivity contribution in [3.8, 4) is 0 Å². The monoisotopic (exact) mass is 163 g/mol. The molecule has 1 aromatic rings. The van der Waals surface area contributed by atoms with Crippen LogP contribution in [0.5, 0.6) is 0 Å². The number of benzene rings is 1. The van der Waals surface area contributed by atoms with Crippen LogP contribution in [0.25, 0.3) is 0 Å². The predicted molar refractivity (Wildman–Crippen MR) is 52.8 cm³/mol. The minimum Gasteiger partial charge on any atom is -0.344 e. The maximum Gasteiger partial charge on any atom is -0.00977 e. The van der Waals surface area contributed by atoms with Gasteiger partial charge >= 0.3 is 0 Å². The number of fused-ring (bicyclic) bond motifs is 1. The summed E-state index contributed by atoms with van der Waals surface area (Å²) >= 11 is 0. The van der Waals surface area contributed by atoms with Gasteiger partial charge in [0, 0.05) is 0 Å². The molecular weight excluding hydrogens is 146 g/mol. The second kappa shape index (κ2) is 2.91. The summed E-state index contributed by atoms with van der Waals surface area (Å²) < 4.78 is 0. The lowest BCUT2D eigenvalue weighted by atomic mass is 9.87. The van der Waals surface area contributed by atoms with Gasteiger partial charge in [-0.2, -0.15) is 0 Å². The summed E-state index contributed by atoms with van der Waals surface area (Å²) in [5.41, 5.74) is 3.54. The van der Waals surface area contributed by atoms with Gasteiger partial charge < -0.3 is 6.15 Å². The SMILES string of the molecule is CC1(C)CCc2ccccc21.N. The summed E-state index contributed by atoms with van der Waals surface area (Å²) in [4.78, 5) is 0. The molecule has 1 aromatic carbocycles. The van der Waals surface area contributed by atoms with Crippen molar-refractivity contribution < 1.29 is 0 Å². The van der Waals surface area contributed by atoms with Crippen LogP contribution in [0, 0.1) is 0 Å². The summed E-state index contributed by atoms with van der Waals surface area (Å²) in [7, 11) is 0. The first kappa shape index (κ1) is 9.27. The number of aryl methyl sites for hydroxylation is 1. The van der Waals surface area contributed by atoms with Crippen molar-refractivity contribution in [2.75, 3.05) is 0 Å².